The van der Waals surface area contributed by atoms with Crippen molar-refractivity contribution < 1.29 is 13.5 Å². The van der Waals surface area contributed by atoms with Gasteiger partial charge in [-0.3, -0.25) is 0 Å². The van der Waals surface area contributed by atoms with E-state index >= 15 is 0 Å². The summed E-state index contributed by atoms with van der Waals surface area (Å²) < 4.78 is 25.7. The maximum absolute atomic E-state index is 12.1. The second-order valence-corrected chi connectivity index (χ2v) is 5.74. The van der Waals surface area contributed by atoms with Crippen molar-refractivity contribution in [2.45, 2.75) is 17.7 Å². The van der Waals surface area contributed by atoms with Gasteiger partial charge in [0.1, 0.15) is 10.6 Å². The molecule has 0 atom stereocenters. The van der Waals surface area contributed by atoms with Crippen molar-refractivity contribution in [3.05, 3.63) is 18.2 Å². The van der Waals surface area contributed by atoms with Gasteiger partial charge < -0.3 is 10.8 Å². The molecule has 1 aromatic carbocycles. The number of phenols is 1. The molecule has 0 unspecified atom stereocenters. The normalized spacial score (nSPS) is 17.8. The van der Waals surface area contributed by atoms with Crippen LogP contribution in [0.2, 0.25) is 0 Å². The van der Waals surface area contributed by atoms with Gasteiger partial charge in [0.25, 0.3) is 0 Å². The van der Waals surface area contributed by atoms with Crippen LogP contribution in [0.25, 0.3) is 0 Å². The van der Waals surface area contributed by atoms with E-state index in [9.17, 15) is 13.5 Å². The van der Waals surface area contributed by atoms with Gasteiger partial charge in [-0.2, -0.15) is 4.31 Å². The van der Waals surface area contributed by atoms with E-state index in [1.807, 2.05) is 0 Å². The molecule has 1 aromatic rings. The molecule has 2 rings (SSSR count). The van der Waals surface area contributed by atoms with Crippen LogP contribution in [0, 0.1) is 0 Å². The third-order valence-electron chi connectivity index (χ3n) is 2.68. The van der Waals surface area contributed by atoms with Crippen LogP contribution in [0.1, 0.15) is 12.8 Å². The van der Waals surface area contributed by atoms with Crippen LogP contribution in [-0.2, 0) is 10.0 Å². The number of hydrogen-bond acceptors (Lipinski definition) is 4. The van der Waals surface area contributed by atoms with Crippen LogP contribution in [0.15, 0.2) is 23.1 Å². The van der Waals surface area contributed by atoms with Gasteiger partial charge in [0.05, 0.1) is 5.69 Å². The Morgan fingerprint density at radius 3 is 2.50 bits per heavy atom. The predicted octanol–water partition coefficient (Wildman–Crippen LogP) is 0.759. The van der Waals surface area contributed by atoms with E-state index in [-0.39, 0.29) is 16.3 Å². The largest absolute Gasteiger partial charge is 0.508 e. The van der Waals surface area contributed by atoms with Crippen LogP contribution in [0.5, 0.6) is 5.75 Å². The lowest BCUT2D eigenvalue weighted by atomic mass is 10.3. The number of nitrogens with zero attached hydrogens (tertiary/aromatic N) is 1. The monoisotopic (exact) mass is 242 g/mol. The van der Waals surface area contributed by atoms with Crippen molar-refractivity contribution in [1.82, 2.24) is 4.31 Å². The molecule has 5 nitrogen and oxygen atoms in total. The Kier molecular flexibility index (Phi) is 2.77. The minimum absolute atomic E-state index is 0.00519. The first-order valence-corrected chi connectivity index (χ1v) is 6.54. The number of benzene rings is 1. The van der Waals surface area contributed by atoms with Gasteiger partial charge >= 0.3 is 0 Å². The molecule has 0 saturated carbocycles. The van der Waals surface area contributed by atoms with Gasteiger partial charge in [-0.05, 0) is 25.0 Å². The highest BCUT2D eigenvalue weighted by atomic mass is 32.2. The van der Waals surface area contributed by atoms with Crippen LogP contribution in [0.4, 0.5) is 5.69 Å². The fourth-order valence-electron chi connectivity index (χ4n) is 1.81. The summed E-state index contributed by atoms with van der Waals surface area (Å²) in [5.41, 5.74) is 5.80. The Balaban J connectivity index is 2.46. The number of rotatable bonds is 2. The lowest BCUT2D eigenvalue weighted by Crippen LogP contribution is -2.28. The molecule has 0 spiro atoms. The number of anilines is 1. The van der Waals surface area contributed by atoms with Gasteiger partial charge in [-0.25, -0.2) is 8.42 Å². The molecule has 0 amide bonds. The van der Waals surface area contributed by atoms with Crippen molar-refractivity contribution in [2.24, 2.45) is 0 Å². The molecular formula is C10H14N2O3S. The van der Waals surface area contributed by atoms with Crippen molar-refractivity contribution in [3.8, 4) is 5.75 Å². The topological polar surface area (TPSA) is 83.6 Å². The zero-order chi connectivity index (χ0) is 11.8. The summed E-state index contributed by atoms with van der Waals surface area (Å²) in [5.74, 6) is -0.0908. The van der Waals surface area contributed by atoms with Crippen molar-refractivity contribution in [3.63, 3.8) is 0 Å². The van der Waals surface area contributed by atoms with E-state index in [0.29, 0.717) is 13.1 Å². The molecule has 0 radical (unpaired) electrons. The maximum atomic E-state index is 12.1. The zero-order valence-corrected chi connectivity index (χ0v) is 9.57. The Morgan fingerprint density at radius 2 is 1.88 bits per heavy atom. The molecule has 3 N–H and O–H groups in total. The molecule has 1 aliphatic rings. The number of hydrogen-bond donors (Lipinski definition) is 2. The molecule has 0 aliphatic carbocycles. The Hall–Kier alpha value is -1.27. The third kappa shape index (κ3) is 1.85. The minimum Gasteiger partial charge on any atom is -0.508 e. The number of aromatic hydroxyl groups is 1. The summed E-state index contributed by atoms with van der Waals surface area (Å²) in [7, 11) is -3.54. The zero-order valence-electron chi connectivity index (χ0n) is 8.76. The second-order valence-electron chi connectivity index (χ2n) is 3.83. The highest BCUT2D eigenvalue weighted by Crippen LogP contribution is 2.28. The van der Waals surface area contributed by atoms with Gasteiger partial charge in [0.15, 0.2) is 0 Å². The van der Waals surface area contributed by atoms with E-state index in [2.05, 4.69) is 0 Å². The minimum atomic E-state index is -3.54. The Labute approximate surface area is 94.5 Å². The standard InChI is InChI=1S/C10H14N2O3S/c11-9-4-3-8(13)7-10(9)16(14,15)12-5-1-2-6-12/h3-4,7,13H,1-2,5-6,11H2. The van der Waals surface area contributed by atoms with Gasteiger partial charge in [0.2, 0.25) is 10.0 Å². The number of sulfonamides is 1. The van der Waals surface area contributed by atoms with Gasteiger partial charge in [-0.15, -0.1) is 0 Å². The highest BCUT2D eigenvalue weighted by Gasteiger charge is 2.28. The summed E-state index contributed by atoms with van der Waals surface area (Å²) in [6.45, 7) is 1.05. The fraction of sp³-hybridized carbons (Fsp3) is 0.400. The van der Waals surface area contributed by atoms with E-state index < -0.39 is 10.0 Å². The van der Waals surface area contributed by atoms with E-state index in [0.717, 1.165) is 12.8 Å². The Morgan fingerprint density at radius 1 is 1.25 bits per heavy atom. The number of nitrogens with two attached hydrogens (primary N) is 1. The van der Waals surface area contributed by atoms with Crippen LogP contribution in [0.3, 0.4) is 0 Å². The van der Waals surface area contributed by atoms with Crippen LogP contribution in [-0.4, -0.2) is 30.9 Å². The summed E-state index contributed by atoms with van der Waals surface area (Å²) in [4.78, 5) is -0.00519. The molecule has 1 fully saturated rings. The van der Waals surface area contributed by atoms with Crippen molar-refractivity contribution >= 4 is 15.7 Å². The summed E-state index contributed by atoms with van der Waals surface area (Å²) >= 11 is 0. The summed E-state index contributed by atoms with van der Waals surface area (Å²) in [5, 5.41) is 9.31. The van der Waals surface area contributed by atoms with Crippen molar-refractivity contribution in [2.75, 3.05) is 18.8 Å². The summed E-state index contributed by atoms with van der Waals surface area (Å²) in [6, 6.07) is 3.97. The van der Waals surface area contributed by atoms with Gasteiger partial charge in [0, 0.05) is 19.2 Å². The van der Waals surface area contributed by atoms with E-state index in [1.165, 1.54) is 22.5 Å². The van der Waals surface area contributed by atoms with Crippen LogP contribution >= 0.6 is 0 Å². The third-order valence-corrected chi connectivity index (χ3v) is 4.63. The molecule has 16 heavy (non-hydrogen) atoms. The molecule has 1 aliphatic heterocycles. The predicted molar refractivity (Wildman–Crippen MR) is 60.5 cm³/mol. The second kappa shape index (κ2) is 3.95. The highest BCUT2D eigenvalue weighted by molar-refractivity contribution is 7.89. The Bertz CT molecular complexity index is 493. The smallest absolute Gasteiger partial charge is 0.245 e. The quantitative estimate of drug-likeness (QED) is 0.592. The molecule has 0 bridgehead atoms. The molecule has 1 heterocycles. The first kappa shape index (κ1) is 11.2. The molecular weight excluding hydrogens is 228 g/mol. The van der Waals surface area contributed by atoms with Crippen molar-refractivity contribution in [1.29, 1.82) is 0 Å². The first-order chi connectivity index (χ1) is 7.51. The fourth-order valence-corrected chi connectivity index (χ4v) is 3.47. The lowest BCUT2D eigenvalue weighted by molar-refractivity contribution is 0.466. The number of phenolic OH excluding ortho intramolecular Hbond substituents is 1. The van der Waals surface area contributed by atoms with E-state index in [4.69, 9.17) is 5.73 Å². The average Bonchev–Trinajstić information content (AvgIpc) is 2.75. The van der Waals surface area contributed by atoms with E-state index in [1.54, 1.807) is 0 Å². The molecule has 88 valence electrons. The average molecular weight is 242 g/mol. The lowest BCUT2D eigenvalue weighted by Gasteiger charge is -2.16. The SMILES string of the molecule is Nc1ccc(O)cc1S(=O)(=O)N1CCCC1. The molecule has 0 aromatic heterocycles. The maximum Gasteiger partial charge on any atom is 0.245 e. The van der Waals surface area contributed by atoms with Crippen LogP contribution < -0.4 is 5.73 Å². The summed E-state index contributed by atoms with van der Waals surface area (Å²) in [6.07, 6.45) is 1.75. The number of nitrogen functional groups attached to an aromatic ring is 1. The molecule has 1 saturated heterocycles. The first-order valence-electron chi connectivity index (χ1n) is 5.10. The van der Waals surface area contributed by atoms with Gasteiger partial charge in [-0.1, -0.05) is 0 Å². The molecule has 6 heteroatoms.